The van der Waals surface area contributed by atoms with E-state index in [4.69, 9.17) is 10.5 Å². The van der Waals surface area contributed by atoms with E-state index >= 15 is 0 Å². The Balaban J connectivity index is 0.00000280. The number of likely N-dealkylation sites (tertiary alicyclic amines) is 1. The summed E-state index contributed by atoms with van der Waals surface area (Å²) in [6.45, 7) is 6.27. The fraction of sp³-hybridized carbons (Fsp3) is 0.632. The number of nitrogens with zero attached hydrogens (tertiary/aromatic N) is 3. The zero-order chi connectivity index (χ0) is 19.3. The Hall–Kier alpha value is -0.910. The first-order valence-electron chi connectivity index (χ1n) is 9.63. The van der Waals surface area contributed by atoms with E-state index in [2.05, 4.69) is 16.8 Å². The zero-order valence-corrected chi connectivity index (χ0v) is 19.6. The molecule has 7 nitrogen and oxygen atoms in total. The second-order valence-corrected chi connectivity index (χ2v) is 9.35. The summed E-state index contributed by atoms with van der Waals surface area (Å²) in [5, 5.41) is 0. The van der Waals surface area contributed by atoms with Crippen molar-refractivity contribution in [1.82, 2.24) is 9.21 Å². The van der Waals surface area contributed by atoms with Crippen molar-refractivity contribution >= 4 is 40.0 Å². The third-order valence-electron chi connectivity index (χ3n) is 5.34. The Morgan fingerprint density at radius 1 is 1.14 bits per heavy atom. The smallest absolute Gasteiger partial charge is 0.218 e. The number of guanidine groups is 1. The predicted molar refractivity (Wildman–Crippen MR) is 122 cm³/mol. The van der Waals surface area contributed by atoms with Crippen LogP contribution in [0.1, 0.15) is 30.9 Å². The first-order chi connectivity index (χ1) is 13.0. The van der Waals surface area contributed by atoms with E-state index < -0.39 is 10.0 Å². The summed E-state index contributed by atoms with van der Waals surface area (Å²) in [4.78, 5) is 6.66. The van der Waals surface area contributed by atoms with Gasteiger partial charge in [0.05, 0.1) is 25.5 Å². The van der Waals surface area contributed by atoms with Gasteiger partial charge in [-0.2, -0.15) is 4.31 Å². The number of hydrogen-bond acceptors (Lipinski definition) is 4. The molecule has 9 heteroatoms. The van der Waals surface area contributed by atoms with Crippen LogP contribution in [0.25, 0.3) is 0 Å². The average Bonchev–Trinajstić information content (AvgIpc) is 2.68. The lowest BCUT2D eigenvalue weighted by molar-refractivity contribution is 0.0729. The standard InChI is InChI=1S/C19H30N4O3S.HI/c1-16-6-8-22(9-7-16)19(20)21-14-17-4-2-3-5-18(17)15-27(24,25)23-10-12-26-13-11-23;/h2-5,16H,6-15H2,1H3,(H2,20,21);1H. The minimum absolute atomic E-state index is 0. The van der Waals surface area contributed by atoms with Crippen LogP contribution in [0.15, 0.2) is 29.3 Å². The van der Waals surface area contributed by atoms with E-state index in [9.17, 15) is 8.42 Å². The van der Waals surface area contributed by atoms with E-state index in [-0.39, 0.29) is 29.7 Å². The van der Waals surface area contributed by atoms with Crippen molar-refractivity contribution in [3.05, 3.63) is 35.4 Å². The highest BCUT2D eigenvalue weighted by Gasteiger charge is 2.25. The molecular weight excluding hydrogens is 491 g/mol. The monoisotopic (exact) mass is 522 g/mol. The normalized spacial score (nSPS) is 20.0. The Bertz CT molecular complexity index is 758. The van der Waals surface area contributed by atoms with Gasteiger partial charge in [-0.15, -0.1) is 24.0 Å². The topological polar surface area (TPSA) is 88.2 Å². The molecule has 0 atom stereocenters. The number of sulfonamides is 1. The van der Waals surface area contributed by atoms with Gasteiger partial charge in [0.1, 0.15) is 0 Å². The van der Waals surface area contributed by atoms with Gasteiger partial charge in [-0.1, -0.05) is 31.2 Å². The molecule has 158 valence electrons. The van der Waals surface area contributed by atoms with Crippen molar-refractivity contribution in [3.8, 4) is 0 Å². The molecule has 1 aromatic carbocycles. The fourth-order valence-electron chi connectivity index (χ4n) is 3.47. The van der Waals surface area contributed by atoms with Crippen LogP contribution >= 0.6 is 24.0 Å². The molecule has 0 unspecified atom stereocenters. The molecule has 2 aliphatic heterocycles. The Morgan fingerprint density at radius 2 is 1.75 bits per heavy atom. The maximum atomic E-state index is 12.7. The van der Waals surface area contributed by atoms with Crippen molar-refractivity contribution < 1.29 is 13.2 Å². The van der Waals surface area contributed by atoms with Gasteiger partial charge < -0.3 is 15.4 Å². The zero-order valence-electron chi connectivity index (χ0n) is 16.4. The second-order valence-electron chi connectivity index (χ2n) is 7.38. The van der Waals surface area contributed by atoms with E-state index in [1.807, 2.05) is 24.3 Å². The van der Waals surface area contributed by atoms with Crippen LogP contribution in [0.5, 0.6) is 0 Å². The summed E-state index contributed by atoms with van der Waals surface area (Å²) in [5.74, 6) is 1.27. The van der Waals surface area contributed by atoms with Crippen LogP contribution in [-0.2, 0) is 27.1 Å². The number of halogens is 1. The van der Waals surface area contributed by atoms with Crippen LogP contribution in [0, 0.1) is 5.92 Å². The molecule has 0 aliphatic carbocycles. The number of aliphatic imine (C=N–C) groups is 1. The van der Waals surface area contributed by atoms with E-state index in [0.29, 0.717) is 38.8 Å². The lowest BCUT2D eigenvalue weighted by atomic mass is 10.00. The summed E-state index contributed by atoms with van der Waals surface area (Å²) in [5.41, 5.74) is 7.86. The number of hydrogen-bond donors (Lipinski definition) is 1. The van der Waals surface area contributed by atoms with Crippen LogP contribution in [0.2, 0.25) is 0 Å². The third-order valence-corrected chi connectivity index (χ3v) is 7.17. The number of morpholine rings is 1. The molecular formula is C19H31IN4O3S. The summed E-state index contributed by atoms with van der Waals surface area (Å²) in [6.07, 6.45) is 2.26. The van der Waals surface area contributed by atoms with Gasteiger partial charge in [0.15, 0.2) is 5.96 Å². The summed E-state index contributed by atoms with van der Waals surface area (Å²) in [6, 6.07) is 7.57. The quantitative estimate of drug-likeness (QED) is 0.363. The molecule has 0 radical (unpaired) electrons. The van der Waals surface area contributed by atoms with Crippen LogP contribution in [-0.4, -0.2) is 63.0 Å². The molecule has 0 amide bonds. The Labute approximate surface area is 185 Å². The molecule has 2 fully saturated rings. The van der Waals surface area contributed by atoms with Crippen molar-refractivity contribution in [2.75, 3.05) is 39.4 Å². The second kappa shape index (κ2) is 10.7. The van der Waals surface area contributed by atoms with Gasteiger partial charge in [-0.05, 0) is 29.9 Å². The van der Waals surface area contributed by atoms with Crippen LogP contribution in [0.3, 0.4) is 0 Å². The lowest BCUT2D eigenvalue weighted by Gasteiger charge is -2.31. The van der Waals surface area contributed by atoms with Gasteiger partial charge >= 0.3 is 0 Å². The van der Waals surface area contributed by atoms with Gasteiger partial charge in [0.25, 0.3) is 0 Å². The number of rotatable bonds is 5. The molecule has 0 spiro atoms. The van der Waals surface area contributed by atoms with Crippen LogP contribution in [0.4, 0.5) is 0 Å². The minimum atomic E-state index is -3.36. The van der Waals surface area contributed by atoms with E-state index in [0.717, 1.165) is 43.0 Å². The highest BCUT2D eigenvalue weighted by Crippen LogP contribution is 2.18. The predicted octanol–water partition coefficient (Wildman–Crippen LogP) is 2.01. The maximum absolute atomic E-state index is 12.7. The number of benzene rings is 1. The lowest BCUT2D eigenvalue weighted by Crippen LogP contribution is -2.42. The van der Waals surface area contributed by atoms with Crippen molar-refractivity contribution in [3.63, 3.8) is 0 Å². The average molecular weight is 522 g/mol. The Morgan fingerprint density at radius 3 is 2.39 bits per heavy atom. The molecule has 2 aliphatic rings. The molecule has 0 saturated carbocycles. The Kier molecular flexibility index (Phi) is 8.97. The summed E-state index contributed by atoms with van der Waals surface area (Å²) >= 11 is 0. The molecule has 2 heterocycles. The molecule has 0 bridgehead atoms. The maximum Gasteiger partial charge on any atom is 0.218 e. The van der Waals surface area contributed by atoms with Crippen molar-refractivity contribution in [2.24, 2.45) is 16.6 Å². The molecule has 0 aromatic heterocycles. The largest absolute Gasteiger partial charge is 0.379 e. The van der Waals surface area contributed by atoms with Crippen molar-refractivity contribution in [2.45, 2.75) is 32.1 Å². The van der Waals surface area contributed by atoms with Gasteiger partial charge in [0, 0.05) is 26.2 Å². The third kappa shape index (κ3) is 6.30. The number of nitrogens with two attached hydrogens (primary N) is 1. The SMILES string of the molecule is CC1CCN(C(N)=NCc2ccccc2CS(=O)(=O)N2CCOCC2)CC1.I. The molecule has 2 saturated heterocycles. The van der Waals surface area contributed by atoms with E-state index in [1.165, 1.54) is 4.31 Å². The fourth-order valence-corrected chi connectivity index (χ4v) is 5.03. The molecule has 2 N–H and O–H groups in total. The van der Waals surface area contributed by atoms with Crippen molar-refractivity contribution in [1.29, 1.82) is 0 Å². The van der Waals surface area contributed by atoms with E-state index in [1.54, 1.807) is 0 Å². The minimum Gasteiger partial charge on any atom is -0.379 e. The first kappa shape index (κ1) is 23.4. The highest BCUT2D eigenvalue weighted by molar-refractivity contribution is 14.0. The molecule has 1 aromatic rings. The number of ether oxygens (including phenoxy) is 1. The number of piperidine rings is 1. The van der Waals surface area contributed by atoms with Gasteiger partial charge in [-0.3, -0.25) is 0 Å². The van der Waals surface area contributed by atoms with Gasteiger partial charge in [-0.25, -0.2) is 13.4 Å². The summed E-state index contributed by atoms with van der Waals surface area (Å²) < 4.78 is 32.2. The van der Waals surface area contributed by atoms with Crippen LogP contribution < -0.4 is 5.73 Å². The first-order valence-corrected chi connectivity index (χ1v) is 11.2. The van der Waals surface area contributed by atoms with Gasteiger partial charge in [0.2, 0.25) is 10.0 Å². The highest BCUT2D eigenvalue weighted by atomic mass is 127. The summed E-state index contributed by atoms with van der Waals surface area (Å²) in [7, 11) is -3.36. The molecule has 28 heavy (non-hydrogen) atoms. The molecule has 3 rings (SSSR count).